The van der Waals surface area contributed by atoms with E-state index in [-0.39, 0.29) is 0 Å². The second-order valence-corrected chi connectivity index (χ2v) is 5.66. The van der Waals surface area contributed by atoms with E-state index >= 15 is 0 Å². The third-order valence-corrected chi connectivity index (χ3v) is 3.80. The number of nitrogens with zero attached hydrogens (tertiary/aromatic N) is 1. The number of aromatic nitrogens is 1. The Balaban J connectivity index is 2.33. The van der Waals surface area contributed by atoms with Crippen molar-refractivity contribution in [3.63, 3.8) is 0 Å². The van der Waals surface area contributed by atoms with Crippen molar-refractivity contribution in [1.82, 2.24) is 4.98 Å². The maximum absolute atomic E-state index is 6.43. The van der Waals surface area contributed by atoms with E-state index in [0.29, 0.717) is 5.92 Å². The van der Waals surface area contributed by atoms with Crippen LogP contribution in [0.1, 0.15) is 25.5 Å². The molecule has 0 saturated carbocycles. The first kappa shape index (κ1) is 13.1. The first-order valence-electron chi connectivity index (χ1n) is 6.81. The Bertz CT molecular complexity index is 748. The van der Waals surface area contributed by atoms with Gasteiger partial charge in [-0.05, 0) is 17.5 Å². The summed E-state index contributed by atoms with van der Waals surface area (Å²) in [6, 6.07) is 18.5. The molecule has 2 aromatic carbocycles. The summed E-state index contributed by atoms with van der Waals surface area (Å²) in [6.07, 6.45) is 0. The van der Waals surface area contributed by atoms with Crippen LogP contribution in [0.5, 0.6) is 0 Å². The molecule has 3 rings (SSSR count). The minimum absolute atomic E-state index is 0.362. The fourth-order valence-corrected chi connectivity index (χ4v) is 2.64. The number of hydrogen-bond acceptors (Lipinski definition) is 1. The first-order chi connectivity index (χ1) is 9.66. The Labute approximate surface area is 124 Å². The SMILES string of the molecule is CC(C)c1cc(Cl)c2cccc(-c3ccccc3)c2n1. The summed E-state index contributed by atoms with van der Waals surface area (Å²) in [5.41, 5.74) is 4.32. The van der Waals surface area contributed by atoms with E-state index in [1.165, 1.54) is 5.56 Å². The van der Waals surface area contributed by atoms with Crippen LogP contribution in [0.4, 0.5) is 0 Å². The number of hydrogen-bond donors (Lipinski definition) is 0. The predicted octanol–water partition coefficient (Wildman–Crippen LogP) is 5.68. The number of benzene rings is 2. The van der Waals surface area contributed by atoms with Gasteiger partial charge in [0, 0.05) is 16.6 Å². The van der Waals surface area contributed by atoms with Crippen LogP contribution in [0.3, 0.4) is 0 Å². The van der Waals surface area contributed by atoms with E-state index in [4.69, 9.17) is 16.6 Å². The lowest BCUT2D eigenvalue weighted by atomic mass is 10.0. The highest BCUT2D eigenvalue weighted by atomic mass is 35.5. The Kier molecular flexibility index (Phi) is 3.45. The molecule has 0 aliphatic rings. The molecule has 0 unspecified atom stereocenters. The summed E-state index contributed by atoms with van der Waals surface area (Å²) in [7, 11) is 0. The molecule has 100 valence electrons. The molecule has 0 aliphatic carbocycles. The normalized spacial score (nSPS) is 11.2. The minimum Gasteiger partial charge on any atom is -0.252 e. The van der Waals surface area contributed by atoms with Gasteiger partial charge >= 0.3 is 0 Å². The number of fused-ring (bicyclic) bond motifs is 1. The second-order valence-electron chi connectivity index (χ2n) is 5.25. The highest BCUT2D eigenvalue weighted by Gasteiger charge is 2.11. The summed E-state index contributed by atoms with van der Waals surface area (Å²) < 4.78 is 0. The standard InChI is InChI=1S/C18H16ClN/c1-12(2)17-11-16(19)15-10-6-9-14(18(15)20-17)13-7-4-3-5-8-13/h3-12H,1-2H3. The lowest BCUT2D eigenvalue weighted by molar-refractivity contribution is 0.830. The van der Waals surface area contributed by atoms with Crippen molar-refractivity contribution in [2.45, 2.75) is 19.8 Å². The van der Waals surface area contributed by atoms with Crippen LogP contribution in [0.25, 0.3) is 22.0 Å². The third kappa shape index (κ3) is 2.30. The summed E-state index contributed by atoms with van der Waals surface area (Å²) in [5, 5.41) is 1.79. The third-order valence-electron chi connectivity index (χ3n) is 3.49. The van der Waals surface area contributed by atoms with Crippen LogP contribution in [-0.4, -0.2) is 4.98 Å². The molecule has 0 atom stereocenters. The average Bonchev–Trinajstić information content (AvgIpc) is 2.47. The summed E-state index contributed by atoms with van der Waals surface area (Å²) in [5.74, 6) is 0.362. The molecule has 0 radical (unpaired) electrons. The maximum atomic E-state index is 6.43. The average molecular weight is 282 g/mol. The molecule has 0 bridgehead atoms. The smallest absolute Gasteiger partial charge is 0.0798 e. The quantitative estimate of drug-likeness (QED) is 0.589. The van der Waals surface area contributed by atoms with E-state index in [2.05, 4.69) is 32.0 Å². The summed E-state index contributed by atoms with van der Waals surface area (Å²) >= 11 is 6.43. The minimum atomic E-state index is 0.362. The number of para-hydroxylation sites is 1. The summed E-state index contributed by atoms with van der Waals surface area (Å²) in [6.45, 7) is 4.27. The number of rotatable bonds is 2. The highest BCUT2D eigenvalue weighted by Crippen LogP contribution is 2.32. The molecule has 1 heterocycles. The zero-order valence-electron chi connectivity index (χ0n) is 11.6. The Hall–Kier alpha value is -1.86. The molecule has 2 heteroatoms. The van der Waals surface area contributed by atoms with Gasteiger partial charge in [0.2, 0.25) is 0 Å². The van der Waals surface area contributed by atoms with Crippen LogP contribution in [0, 0.1) is 0 Å². The van der Waals surface area contributed by atoms with Gasteiger partial charge in [-0.3, -0.25) is 4.98 Å². The van der Waals surface area contributed by atoms with Gasteiger partial charge in [0.15, 0.2) is 0 Å². The lowest BCUT2D eigenvalue weighted by Crippen LogP contribution is -1.95. The van der Waals surface area contributed by atoms with Crippen LogP contribution >= 0.6 is 11.6 Å². The van der Waals surface area contributed by atoms with Gasteiger partial charge in [-0.2, -0.15) is 0 Å². The molecular formula is C18H16ClN. The zero-order valence-corrected chi connectivity index (χ0v) is 12.4. The molecule has 1 aromatic heterocycles. The molecule has 0 N–H and O–H groups in total. The molecule has 0 fully saturated rings. The molecule has 0 aliphatic heterocycles. The topological polar surface area (TPSA) is 12.9 Å². The van der Waals surface area contributed by atoms with Gasteiger partial charge in [0.1, 0.15) is 0 Å². The molecule has 0 saturated heterocycles. The van der Waals surface area contributed by atoms with E-state index in [0.717, 1.165) is 27.2 Å². The van der Waals surface area contributed by atoms with Crippen molar-refractivity contribution in [2.75, 3.05) is 0 Å². The second kappa shape index (κ2) is 5.26. The zero-order chi connectivity index (χ0) is 14.1. The largest absolute Gasteiger partial charge is 0.252 e. The molecular weight excluding hydrogens is 266 g/mol. The molecule has 0 spiro atoms. The highest BCUT2D eigenvalue weighted by molar-refractivity contribution is 6.35. The van der Waals surface area contributed by atoms with Crippen LogP contribution in [-0.2, 0) is 0 Å². The molecule has 3 aromatic rings. The number of halogens is 1. The molecule has 20 heavy (non-hydrogen) atoms. The predicted molar refractivity (Wildman–Crippen MR) is 86.3 cm³/mol. The van der Waals surface area contributed by atoms with Gasteiger partial charge in [-0.15, -0.1) is 0 Å². The van der Waals surface area contributed by atoms with Gasteiger partial charge in [0.05, 0.1) is 10.5 Å². The van der Waals surface area contributed by atoms with Gasteiger partial charge in [-0.25, -0.2) is 0 Å². The van der Waals surface area contributed by atoms with E-state index in [1.807, 2.05) is 36.4 Å². The van der Waals surface area contributed by atoms with Crippen LogP contribution in [0.2, 0.25) is 5.02 Å². The Morgan fingerprint density at radius 3 is 2.40 bits per heavy atom. The van der Waals surface area contributed by atoms with Crippen LogP contribution in [0.15, 0.2) is 54.6 Å². The van der Waals surface area contributed by atoms with Crippen molar-refractivity contribution in [3.05, 3.63) is 65.3 Å². The van der Waals surface area contributed by atoms with Crippen molar-refractivity contribution in [3.8, 4) is 11.1 Å². The maximum Gasteiger partial charge on any atom is 0.0798 e. The fraction of sp³-hybridized carbons (Fsp3) is 0.167. The van der Waals surface area contributed by atoms with Crippen molar-refractivity contribution in [1.29, 1.82) is 0 Å². The van der Waals surface area contributed by atoms with Crippen LogP contribution < -0.4 is 0 Å². The van der Waals surface area contributed by atoms with Crippen molar-refractivity contribution >= 4 is 22.5 Å². The molecule has 1 nitrogen and oxygen atoms in total. The number of pyridine rings is 1. The van der Waals surface area contributed by atoms with E-state index in [1.54, 1.807) is 0 Å². The monoisotopic (exact) mass is 281 g/mol. The van der Waals surface area contributed by atoms with Gasteiger partial charge in [-0.1, -0.05) is 74.0 Å². The van der Waals surface area contributed by atoms with E-state index in [9.17, 15) is 0 Å². The van der Waals surface area contributed by atoms with Gasteiger partial charge < -0.3 is 0 Å². The fourth-order valence-electron chi connectivity index (χ4n) is 2.37. The van der Waals surface area contributed by atoms with Gasteiger partial charge in [0.25, 0.3) is 0 Å². The van der Waals surface area contributed by atoms with Crippen molar-refractivity contribution in [2.24, 2.45) is 0 Å². The molecule has 0 amide bonds. The Morgan fingerprint density at radius 1 is 0.950 bits per heavy atom. The first-order valence-corrected chi connectivity index (χ1v) is 7.19. The Morgan fingerprint density at radius 2 is 1.70 bits per heavy atom. The van der Waals surface area contributed by atoms with E-state index < -0.39 is 0 Å². The van der Waals surface area contributed by atoms with Crippen molar-refractivity contribution < 1.29 is 0 Å². The lowest BCUT2D eigenvalue weighted by Gasteiger charge is -2.11. The summed E-state index contributed by atoms with van der Waals surface area (Å²) in [4.78, 5) is 4.83.